The summed E-state index contributed by atoms with van der Waals surface area (Å²) in [4.78, 5) is 5.52. The van der Waals surface area contributed by atoms with Crippen LogP contribution in [0.15, 0.2) is 34.2 Å². The number of hydrogen-bond acceptors (Lipinski definition) is 2. The van der Waals surface area contributed by atoms with E-state index in [4.69, 9.17) is 0 Å². The van der Waals surface area contributed by atoms with E-state index in [0.29, 0.717) is 0 Å². The largest absolute Gasteiger partial charge is 0.356 e. The third-order valence-corrected chi connectivity index (χ3v) is 3.66. The highest BCUT2D eigenvalue weighted by molar-refractivity contribution is 14.0. The van der Waals surface area contributed by atoms with Gasteiger partial charge < -0.3 is 10.6 Å². The molecule has 114 valence electrons. The molecule has 1 aromatic carbocycles. The van der Waals surface area contributed by atoms with Gasteiger partial charge >= 0.3 is 0 Å². The van der Waals surface area contributed by atoms with Gasteiger partial charge in [-0.3, -0.25) is 4.99 Å². The van der Waals surface area contributed by atoms with Crippen LogP contribution in [0.25, 0.3) is 0 Å². The van der Waals surface area contributed by atoms with Crippen LogP contribution in [0.1, 0.15) is 31.7 Å². The molecule has 2 N–H and O–H groups in total. The predicted molar refractivity (Wildman–Crippen MR) is 101 cm³/mol. The molecule has 3 nitrogen and oxygen atoms in total. The zero-order chi connectivity index (χ0) is 13.9. The van der Waals surface area contributed by atoms with Gasteiger partial charge in [0.2, 0.25) is 0 Å². The molecular weight excluding hydrogens is 381 g/mol. The molecule has 0 radical (unpaired) electrons. The molecule has 20 heavy (non-hydrogen) atoms. The first-order valence-electron chi connectivity index (χ1n) is 6.87. The Bertz CT molecular complexity index is 379. The Balaban J connectivity index is 0.00000361. The van der Waals surface area contributed by atoms with Gasteiger partial charge in [-0.05, 0) is 30.4 Å². The number of rotatable bonds is 7. The van der Waals surface area contributed by atoms with Gasteiger partial charge in [-0.1, -0.05) is 31.9 Å². The van der Waals surface area contributed by atoms with Crippen LogP contribution in [-0.4, -0.2) is 25.8 Å². The zero-order valence-electron chi connectivity index (χ0n) is 12.6. The summed E-state index contributed by atoms with van der Waals surface area (Å²) in [5.41, 5.74) is 1.27. The number of nitrogens with one attached hydrogen (secondary N) is 2. The third kappa shape index (κ3) is 7.99. The molecule has 0 saturated heterocycles. The van der Waals surface area contributed by atoms with E-state index < -0.39 is 0 Å². The molecule has 5 heteroatoms. The van der Waals surface area contributed by atoms with Gasteiger partial charge in [-0.25, -0.2) is 0 Å². The lowest BCUT2D eigenvalue weighted by Crippen LogP contribution is -2.37. The lowest BCUT2D eigenvalue weighted by atomic mass is 10.2. The molecule has 0 aromatic heterocycles. The number of aliphatic imine (C=N–C) groups is 1. The fourth-order valence-corrected chi connectivity index (χ4v) is 2.14. The van der Waals surface area contributed by atoms with Gasteiger partial charge in [0.25, 0.3) is 0 Å². The fraction of sp³-hybridized carbons (Fsp3) is 0.533. The van der Waals surface area contributed by atoms with Crippen LogP contribution in [0.3, 0.4) is 0 Å². The third-order valence-electron chi connectivity index (χ3n) is 2.92. The minimum Gasteiger partial charge on any atom is -0.356 e. The number of guanidine groups is 1. The smallest absolute Gasteiger partial charge is 0.191 e. The molecular formula is C15H26IN3S. The minimum atomic E-state index is 0. The Labute approximate surface area is 144 Å². The van der Waals surface area contributed by atoms with Gasteiger partial charge in [0.15, 0.2) is 5.96 Å². The van der Waals surface area contributed by atoms with E-state index in [0.717, 1.165) is 19.0 Å². The van der Waals surface area contributed by atoms with E-state index >= 15 is 0 Å². The van der Waals surface area contributed by atoms with Gasteiger partial charge in [0, 0.05) is 25.0 Å². The van der Waals surface area contributed by atoms with Crippen molar-refractivity contribution in [1.82, 2.24) is 10.6 Å². The van der Waals surface area contributed by atoms with Crippen molar-refractivity contribution >= 4 is 41.7 Å². The van der Waals surface area contributed by atoms with Crippen molar-refractivity contribution in [2.24, 2.45) is 4.99 Å². The summed E-state index contributed by atoms with van der Waals surface area (Å²) in [6.07, 6.45) is 5.80. The van der Waals surface area contributed by atoms with Crippen molar-refractivity contribution in [2.75, 3.05) is 19.8 Å². The Morgan fingerprint density at radius 1 is 1.15 bits per heavy atom. The summed E-state index contributed by atoms with van der Waals surface area (Å²) in [7, 11) is 1.81. The van der Waals surface area contributed by atoms with Gasteiger partial charge in [0.1, 0.15) is 0 Å². The Kier molecular flexibility index (Phi) is 12.1. The standard InChI is InChI=1S/C15H25N3S.HI/c1-4-5-6-11-17-15(16-2)18-12-13-7-9-14(19-3)10-8-13;/h7-10H,4-6,11-12H2,1-3H3,(H2,16,17,18);1H. The summed E-state index contributed by atoms with van der Waals surface area (Å²) in [6.45, 7) is 4.01. The lowest BCUT2D eigenvalue weighted by molar-refractivity contribution is 0.683. The number of nitrogens with zero attached hydrogens (tertiary/aromatic N) is 1. The topological polar surface area (TPSA) is 36.4 Å². The first-order chi connectivity index (χ1) is 9.30. The second-order valence-corrected chi connectivity index (χ2v) is 5.29. The normalized spacial score (nSPS) is 10.8. The van der Waals surface area contributed by atoms with E-state index in [1.165, 1.54) is 29.7 Å². The zero-order valence-corrected chi connectivity index (χ0v) is 15.8. The van der Waals surface area contributed by atoms with Crippen molar-refractivity contribution in [3.05, 3.63) is 29.8 Å². The van der Waals surface area contributed by atoms with Crippen molar-refractivity contribution in [3.8, 4) is 0 Å². The minimum absolute atomic E-state index is 0. The van der Waals surface area contributed by atoms with Gasteiger partial charge in [0.05, 0.1) is 0 Å². The highest BCUT2D eigenvalue weighted by Gasteiger charge is 1.98. The molecule has 0 spiro atoms. The molecule has 0 aliphatic rings. The number of halogens is 1. The van der Waals surface area contributed by atoms with E-state index in [9.17, 15) is 0 Å². The Hall–Kier alpha value is -0.430. The van der Waals surface area contributed by atoms with Crippen LogP contribution >= 0.6 is 35.7 Å². The second kappa shape index (κ2) is 12.3. The average molecular weight is 407 g/mol. The summed E-state index contributed by atoms with van der Waals surface area (Å²) in [5.74, 6) is 0.880. The maximum Gasteiger partial charge on any atom is 0.191 e. The van der Waals surface area contributed by atoms with Gasteiger partial charge in [-0.15, -0.1) is 35.7 Å². The van der Waals surface area contributed by atoms with Crippen molar-refractivity contribution in [3.63, 3.8) is 0 Å². The maximum absolute atomic E-state index is 4.22. The molecule has 0 saturated carbocycles. The first kappa shape index (κ1) is 19.6. The van der Waals surface area contributed by atoms with Crippen molar-refractivity contribution < 1.29 is 0 Å². The SMILES string of the molecule is CCCCCNC(=NC)NCc1ccc(SC)cc1.I. The predicted octanol–water partition coefficient (Wildman–Crippen LogP) is 3.88. The average Bonchev–Trinajstić information content (AvgIpc) is 2.47. The number of unbranched alkanes of at least 4 members (excludes halogenated alkanes) is 2. The fourth-order valence-electron chi connectivity index (χ4n) is 1.73. The first-order valence-corrected chi connectivity index (χ1v) is 8.10. The maximum atomic E-state index is 4.22. The summed E-state index contributed by atoms with van der Waals surface area (Å²) < 4.78 is 0. The Morgan fingerprint density at radius 2 is 1.85 bits per heavy atom. The second-order valence-electron chi connectivity index (χ2n) is 4.41. The molecule has 0 heterocycles. The number of hydrogen-bond donors (Lipinski definition) is 2. The van der Waals surface area contributed by atoms with Gasteiger partial charge in [-0.2, -0.15) is 0 Å². The summed E-state index contributed by atoms with van der Waals surface area (Å²) in [5, 5.41) is 6.66. The molecule has 0 bridgehead atoms. The van der Waals surface area contributed by atoms with Crippen LogP contribution in [0.4, 0.5) is 0 Å². The van der Waals surface area contributed by atoms with Crippen LogP contribution in [0.2, 0.25) is 0 Å². The van der Waals surface area contributed by atoms with E-state index in [1.807, 2.05) is 7.05 Å². The van der Waals surface area contributed by atoms with Crippen molar-refractivity contribution in [1.29, 1.82) is 0 Å². The van der Waals surface area contributed by atoms with Crippen LogP contribution in [0.5, 0.6) is 0 Å². The highest BCUT2D eigenvalue weighted by atomic mass is 127. The number of benzene rings is 1. The molecule has 0 amide bonds. The molecule has 0 atom stereocenters. The molecule has 0 aliphatic heterocycles. The quantitative estimate of drug-likeness (QED) is 0.237. The lowest BCUT2D eigenvalue weighted by Gasteiger charge is -2.11. The summed E-state index contributed by atoms with van der Waals surface area (Å²) in [6, 6.07) is 8.62. The van der Waals surface area contributed by atoms with Crippen molar-refractivity contribution in [2.45, 2.75) is 37.6 Å². The Morgan fingerprint density at radius 3 is 2.40 bits per heavy atom. The highest BCUT2D eigenvalue weighted by Crippen LogP contribution is 2.14. The summed E-state index contributed by atoms with van der Waals surface area (Å²) >= 11 is 1.77. The van der Waals surface area contributed by atoms with E-state index in [-0.39, 0.29) is 24.0 Å². The van der Waals surface area contributed by atoms with E-state index in [1.54, 1.807) is 11.8 Å². The molecule has 1 aromatic rings. The van der Waals surface area contributed by atoms with Crippen LogP contribution in [0, 0.1) is 0 Å². The molecule has 1 rings (SSSR count). The molecule has 0 fully saturated rings. The van der Waals surface area contributed by atoms with Crippen LogP contribution in [-0.2, 0) is 6.54 Å². The van der Waals surface area contributed by atoms with E-state index in [2.05, 4.69) is 53.1 Å². The molecule has 0 aliphatic carbocycles. The van der Waals surface area contributed by atoms with Crippen LogP contribution < -0.4 is 10.6 Å². The monoisotopic (exact) mass is 407 g/mol. The molecule has 0 unspecified atom stereocenters. The number of thioether (sulfide) groups is 1.